The smallest absolute Gasteiger partial charge is 0.252 e. The standard InChI is InChI=1S/C12H16ClN3O2/c1-16(2)10(17)6-7-15-12(18)8-4-3-5-9(14)11(8)13/h3-5H,6-7,14H2,1-2H3,(H,15,18). The Morgan fingerprint density at radius 1 is 1.39 bits per heavy atom. The zero-order valence-electron chi connectivity index (χ0n) is 10.4. The van der Waals surface area contributed by atoms with Crippen molar-refractivity contribution in [2.24, 2.45) is 0 Å². The number of nitrogens with one attached hydrogen (secondary N) is 1. The Labute approximate surface area is 111 Å². The molecule has 0 aliphatic rings. The van der Waals surface area contributed by atoms with E-state index in [0.717, 1.165) is 0 Å². The van der Waals surface area contributed by atoms with Gasteiger partial charge in [0, 0.05) is 27.1 Å². The molecule has 0 bridgehead atoms. The van der Waals surface area contributed by atoms with Gasteiger partial charge in [0.25, 0.3) is 5.91 Å². The van der Waals surface area contributed by atoms with Crippen molar-refractivity contribution >= 4 is 29.1 Å². The first-order valence-electron chi connectivity index (χ1n) is 5.46. The van der Waals surface area contributed by atoms with Gasteiger partial charge in [-0.1, -0.05) is 17.7 Å². The fourth-order valence-corrected chi connectivity index (χ4v) is 1.54. The van der Waals surface area contributed by atoms with Crippen LogP contribution in [0.25, 0.3) is 0 Å². The van der Waals surface area contributed by atoms with E-state index in [0.29, 0.717) is 11.3 Å². The average Bonchev–Trinajstić information content (AvgIpc) is 2.32. The third kappa shape index (κ3) is 3.63. The van der Waals surface area contributed by atoms with E-state index in [4.69, 9.17) is 17.3 Å². The molecule has 1 rings (SSSR count). The minimum absolute atomic E-state index is 0.0472. The molecule has 0 saturated heterocycles. The van der Waals surface area contributed by atoms with Gasteiger partial charge < -0.3 is 16.0 Å². The van der Waals surface area contributed by atoms with Crippen molar-refractivity contribution in [2.75, 3.05) is 26.4 Å². The number of rotatable bonds is 4. The van der Waals surface area contributed by atoms with Crippen molar-refractivity contribution in [1.82, 2.24) is 10.2 Å². The van der Waals surface area contributed by atoms with Gasteiger partial charge in [-0.3, -0.25) is 9.59 Å². The number of hydrogen-bond acceptors (Lipinski definition) is 3. The predicted molar refractivity (Wildman–Crippen MR) is 71.5 cm³/mol. The van der Waals surface area contributed by atoms with Gasteiger partial charge in [-0.05, 0) is 12.1 Å². The Kier molecular flexibility index (Phi) is 4.97. The van der Waals surface area contributed by atoms with Gasteiger partial charge in [-0.25, -0.2) is 0 Å². The average molecular weight is 270 g/mol. The number of hydrogen-bond donors (Lipinski definition) is 2. The van der Waals surface area contributed by atoms with Gasteiger partial charge in [0.1, 0.15) is 0 Å². The first kappa shape index (κ1) is 14.3. The summed E-state index contributed by atoms with van der Waals surface area (Å²) < 4.78 is 0. The van der Waals surface area contributed by atoms with Crippen molar-refractivity contribution in [3.05, 3.63) is 28.8 Å². The molecule has 2 amide bonds. The highest BCUT2D eigenvalue weighted by molar-refractivity contribution is 6.36. The fraction of sp³-hybridized carbons (Fsp3) is 0.333. The Bertz CT molecular complexity index is 461. The third-order valence-corrected chi connectivity index (χ3v) is 2.82. The molecular formula is C12H16ClN3O2. The fourth-order valence-electron chi connectivity index (χ4n) is 1.33. The lowest BCUT2D eigenvalue weighted by Gasteiger charge is -2.11. The number of halogens is 1. The molecule has 3 N–H and O–H groups in total. The summed E-state index contributed by atoms with van der Waals surface area (Å²) in [5.41, 5.74) is 6.27. The summed E-state index contributed by atoms with van der Waals surface area (Å²) in [6, 6.07) is 4.86. The molecular weight excluding hydrogens is 254 g/mol. The quantitative estimate of drug-likeness (QED) is 0.805. The lowest BCUT2D eigenvalue weighted by Crippen LogP contribution is -2.30. The van der Waals surface area contributed by atoms with Crippen LogP contribution in [-0.2, 0) is 4.79 Å². The van der Waals surface area contributed by atoms with Gasteiger partial charge in [0.2, 0.25) is 5.91 Å². The Hall–Kier alpha value is -1.75. The lowest BCUT2D eigenvalue weighted by molar-refractivity contribution is -0.128. The highest BCUT2D eigenvalue weighted by atomic mass is 35.5. The summed E-state index contributed by atoms with van der Waals surface area (Å²) in [7, 11) is 3.33. The zero-order chi connectivity index (χ0) is 13.7. The van der Waals surface area contributed by atoms with Crippen LogP contribution >= 0.6 is 11.6 Å². The number of amides is 2. The number of carbonyl (C=O) groups is 2. The summed E-state index contributed by atoms with van der Waals surface area (Å²) in [5, 5.41) is 2.86. The summed E-state index contributed by atoms with van der Waals surface area (Å²) in [4.78, 5) is 24.6. The monoisotopic (exact) mass is 269 g/mol. The number of benzene rings is 1. The van der Waals surface area contributed by atoms with Gasteiger partial charge in [-0.2, -0.15) is 0 Å². The number of nitrogens with zero attached hydrogens (tertiary/aromatic N) is 1. The molecule has 0 unspecified atom stereocenters. The molecule has 0 aliphatic heterocycles. The van der Waals surface area contributed by atoms with Crippen molar-refractivity contribution in [1.29, 1.82) is 0 Å². The van der Waals surface area contributed by atoms with Crippen molar-refractivity contribution in [3.63, 3.8) is 0 Å². The first-order chi connectivity index (χ1) is 8.43. The predicted octanol–water partition coefficient (Wildman–Crippen LogP) is 1.13. The summed E-state index contributed by atoms with van der Waals surface area (Å²) in [5.74, 6) is -0.382. The van der Waals surface area contributed by atoms with Gasteiger partial charge >= 0.3 is 0 Å². The van der Waals surface area contributed by atoms with Crippen molar-refractivity contribution < 1.29 is 9.59 Å². The van der Waals surface area contributed by atoms with Gasteiger partial charge in [0.15, 0.2) is 0 Å². The number of carbonyl (C=O) groups excluding carboxylic acids is 2. The molecule has 0 fully saturated rings. The van der Waals surface area contributed by atoms with Crippen molar-refractivity contribution in [2.45, 2.75) is 6.42 Å². The molecule has 5 nitrogen and oxygen atoms in total. The van der Waals surface area contributed by atoms with Crippen LogP contribution < -0.4 is 11.1 Å². The summed E-state index contributed by atoms with van der Waals surface area (Å²) >= 11 is 5.92. The van der Waals surface area contributed by atoms with E-state index in [9.17, 15) is 9.59 Å². The second-order valence-corrected chi connectivity index (χ2v) is 4.38. The van der Waals surface area contributed by atoms with Crippen LogP contribution in [0.15, 0.2) is 18.2 Å². The molecule has 0 spiro atoms. The Morgan fingerprint density at radius 3 is 2.67 bits per heavy atom. The molecule has 0 aromatic heterocycles. The SMILES string of the molecule is CN(C)C(=O)CCNC(=O)c1cccc(N)c1Cl. The van der Waals surface area contributed by atoms with Crippen LogP contribution in [0.2, 0.25) is 5.02 Å². The molecule has 0 aliphatic carbocycles. The molecule has 0 radical (unpaired) electrons. The minimum atomic E-state index is -0.334. The van der Waals surface area contributed by atoms with Crippen LogP contribution in [0.4, 0.5) is 5.69 Å². The van der Waals surface area contributed by atoms with E-state index in [-0.39, 0.29) is 29.8 Å². The maximum atomic E-state index is 11.8. The van der Waals surface area contributed by atoms with E-state index >= 15 is 0 Å². The minimum Gasteiger partial charge on any atom is -0.398 e. The Balaban J connectivity index is 2.56. The molecule has 18 heavy (non-hydrogen) atoms. The molecule has 0 heterocycles. The Morgan fingerprint density at radius 2 is 2.06 bits per heavy atom. The lowest BCUT2D eigenvalue weighted by atomic mass is 10.2. The molecule has 1 aromatic carbocycles. The second kappa shape index (κ2) is 6.26. The third-order valence-electron chi connectivity index (χ3n) is 2.40. The maximum Gasteiger partial charge on any atom is 0.252 e. The van der Waals surface area contributed by atoms with Crippen LogP contribution in [0.1, 0.15) is 16.8 Å². The second-order valence-electron chi connectivity index (χ2n) is 4.00. The maximum absolute atomic E-state index is 11.8. The van der Waals surface area contributed by atoms with Gasteiger partial charge in [-0.15, -0.1) is 0 Å². The van der Waals surface area contributed by atoms with Crippen LogP contribution in [0.3, 0.4) is 0 Å². The molecule has 0 saturated carbocycles. The van der Waals surface area contributed by atoms with Crippen LogP contribution in [0.5, 0.6) is 0 Å². The van der Waals surface area contributed by atoms with E-state index in [1.807, 2.05) is 0 Å². The van der Waals surface area contributed by atoms with E-state index in [1.165, 1.54) is 4.90 Å². The zero-order valence-corrected chi connectivity index (χ0v) is 11.1. The molecule has 98 valence electrons. The first-order valence-corrected chi connectivity index (χ1v) is 5.83. The molecule has 0 atom stereocenters. The number of nitrogen functional groups attached to an aromatic ring is 1. The summed E-state index contributed by atoms with van der Waals surface area (Å²) in [6.07, 6.45) is 0.249. The topological polar surface area (TPSA) is 75.4 Å². The number of nitrogens with two attached hydrogens (primary N) is 1. The highest BCUT2D eigenvalue weighted by Gasteiger charge is 2.12. The normalized spacial score (nSPS) is 9.94. The highest BCUT2D eigenvalue weighted by Crippen LogP contribution is 2.22. The summed E-state index contributed by atoms with van der Waals surface area (Å²) in [6.45, 7) is 0.265. The molecule has 6 heteroatoms. The van der Waals surface area contributed by atoms with Crippen LogP contribution in [0, 0.1) is 0 Å². The van der Waals surface area contributed by atoms with Gasteiger partial charge in [0.05, 0.1) is 16.3 Å². The molecule has 1 aromatic rings. The van der Waals surface area contributed by atoms with E-state index in [1.54, 1.807) is 32.3 Å². The van der Waals surface area contributed by atoms with E-state index in [2.05, 4.69) is 5.32 Å². The largest absolute Gasteiger partial charge is 0.398 e. The number of anilines is 1. The van der Waals surface area contributed by atoms with Crippen LogP contribution in [-0.4, -0.2) is 37.4 Å². The van der Waals surface area contributed by atoms with E-state index < -0.39 is 0 Å². The van der Waals surface area contributed by atoms with Crippen molar-refractivity contribution in [3.8, 4) is 0 Å².